The number of carbonyl (C=O) groups is 2. The van der Waals surface area contributed by atoms with E-state index >= 15 is 0 Å². The largest absolute Gasteiger partial charge is 0.479 e. The van der Waals surface area contributed by atoms with Crippen LogP contribution in [-0.2, 0) is 9.53 Å². The van der Waals surface area contributed by atoms with E-state index in [0.29, 0.717) is 5.56 Å². The van der Waals surface area contributed by atoms with Crippen LogP contribution in [0.15, 0.2) is 30.3 Å². The number of nitrogens with zero attached hydrogens (tertiary/aromatic N) is 1. The van der Waals surface area contributed by atoms with Crippen LogP contribution in [0.25, 0.3) is 0 Å². The topological polar surface area (TPSA) is 113 Å². The van der Waals surface area contributed by atoms with Gasteiger partial charge in [-0.3, -0.25) is 0 Å². The normalized spacial score (nSPS) is 18.8. The molecular weight excluding hydrogens is 336 g/mol. The first kappa shape index (κ1) is 21.9. The number of likely N-dealkylation sites (tertiary alicyclic amines) is 1. The zero-order valence-corrected chi connectivity index (χ0v) is 15.7. The highest BCUT2D eigenvalue weighted by Crippen LogP contribution is 2.14. The van der Waals surface area contributed by atoms with Gasteiger partial charge in [-0.2, -0.15) is 0 Å². The first-order chi connectivity index (χ1) is 12.1. The second kappa shape index (κ2) is 10.1. The lowest BCUT2D eigenvalue weighted by atomic mass is 10.1. The Morgan fingerprint density at radius 1 is 1.19 bits per heavy atom. The molecule has 0 saturated carbocycles. The van der Waals surface area contributed by atoms with Crippen molar-refractivity contribution < 1.29 is 24.5 Å². The van der Waals surface area contributed by atoms with E-state index in [4.69, 9.17) is 20.7 Å². The molecule has 1 aromatic carbocycles. The summed E-state index contributed by atoms with van der Waals surface area (Å²) in [4.78, 5) is 23.7. The summed E-state index contributed by atoms with van der Waals surface area (Å²) in [5, 5.41) is 17.4. The zero-order chi connectivity index (χ0) is 19.7. The standard InChI is InChI=1S/C11H22N2O2.C8H8O3/c1-11(2,3)15-10(14)13-7-4-5-9(12)6-8-13;9-7(8(10)11)6-4-2-1-3-5-6/h9H,4-8,12H2,1-3H3;1-5,7,9H,(H,10,11)/t;7-/m.0/s1. The number of carboxylic acid groups (broad SMARTS) is 1. The van der Waals surface area contributed by atoms with Gasteiger partial charge in [-0.05, 0) is 45.6 Å². The second-order valence-electron chi connectivity index (χ2n) is 7.31. The van der Waals surface area contributed by atoms with Crippen molar-refractivity contribution in [3.63, 3.8) is 0 Å². The molecule has 7 nitrogen and oxygen atoms in total. The Labute approximate surface area is 154 Å². The van der Waals surface area contributed by atoms with Gasteiger partial charge in [0.1, 0.15) is 5.60 Å². The molecule has 146 valence electrons. The van der Waals surface area contributed by atoms with Gasteiger partial charge in [0.25, 0.3) is 0 Å². The van der Waals surface area contributed by atoms with E-state index in [0.717, 1.165) is 32.4 Å². The van der Waals surface area contributed by atoms with Crippen LogP contribution < -0.4 is 5.73 Å². The molecule has 2 atom stereocenters. The van der Waals surface area contributed by atoms with Gasteiger partial charge in [0.05, 0.1) is 0 Å². The Bertz CT molecular complexity index is 571. The lowest BCUT2D eigenvalue weighted by Gasteiger charge is -2.26. The molecular formula is C19H30N2O5. The molecule has 1 saturated heterocycles. The number of amides is 1. The highest BCUT2D eigenvalue weighted by molar-refractivity contribution is 5.73. The average Bonchev–Trinajstić information content (AvgIpc) is 2.78. The minimum atomic E-state index is -1.41. The third-order valence-corrected chi connectivity index (χ3v) is 3.77. The van der Waals surface area contributed by atoms with E-state index in [-0.39, 0.29) is 12.1 Å². The Morgan fingerprint density at radius 3 is 2.35 bits per heavy atom. The smallest absolute Gasteiger partial charge is 0.410 e. The molecule has 1 unspecified atom stereocenters. The van der Waals surface area contributed by atoms with E-state index in [1.54, 1.807) is 35.2 Å². The highest BCUT2D eigenvalue weighted by atomic mass is 16.6. The number of aliphatic carboxylic acids is 1. The van der Waals surface area contributed by atoms with Gasteiger partial charge in [0.2, 0.25) is 0 Å². The number of carbonyl (C=O) groups excluding carboxylic acids is 1. The molecule has 1 aromatic rings. The van der Waals surface area contributed by atoms with Crippen molar-refractivity contribution in [3.8, 4) is 0 Å². The van der Waals surface area contributed by atoms with Crippen molar-refractivity contribution in [3.05, 3.63) is 35.9 Å². The summed E-state index contributed by atoms with van der Waals surface area (Å²) in [7, 11) is 0. The lowest BCUT2D eigenvalue weighted by molar-refractivity contribution is -0.146. The number of hydrogen-bond acceptors (Lipinski definition) is 5. The predicted molar refractivity (Wildman–Crippen MR) is 98.7 cm³/mol. The fourth-order valence-electron chi connectivity index (χ4n) is 2.41. The number of carboxylic acids is 1. The van der Waals surface area contributed by atoms with Gasteiger partial charge in [0, 0.05) is 19.1 Å². The maximum absolute atomic E-state index is 11.7. The van der Waals surface area contributed by atoms with Crippen LogP contribution in [0.3, 0.4) is 0 Å². The van der Waals surface area contributed by atoms with E-state index in [9.17, 15) is 9.59 Å². The van der Waals surface area contributed by atoms with Crippen molar-refractivity contribution in [2.24, 2.45) is 5.73 Å². The van der Waals surface area contributed by atoms with Crippen LogP contribution in [0.2, 0.25) is 0 Å². The number of rotatable bonds is 2. The van der Waals surface area contributed by atoms with Gasteiger partial charge in [-0.25, -0.2) is 9.59 Å². The van der Waals surface area contributed by atoms with E-state index < -0.39 is 17.7 Å². The van der Waals surface area contributed by atoms with Crippen molar-refractivity contribution >= 4 is 12.1 Å². The summed E-state index contributed by atoms with van der Waals surface area (Å²) >= 11 is 0. The fourth-order valence-corrected chi connectivity index (χ4v) is 2.41. The summed E-state index contributed by atoms with van der Waals surface area (Å²) in [6.07, 6.45) is 1.23. The Kier molecular flexibility index (Phi) is 8.54. The van der Waals surface area contributed by atoms with Crippen LogP contribution in [0.4, 0.5) is 4.79 Å². The van der Waals surface area contributed by atoms with Crippen molar-refractivity contribution in [1.29, 1.82) is 0 Å². The maximum Gasteiger partial charge on any atom is 0.410 e. The molecule has 0 aromatic heterocycles. The zero-order valence-electron chi connectivity index (χ0n) is 15.7. The minimum absolute atomic E-state index is 0.211. The Hall–Kier alpha value is -2.12. The summed E-state index contributed by atoms with van der Waals surface area (Å²) in [5.74, 6) is -1.23. The molecule has 0 aliphatic carbocycles. The third-order valence-electron chi connectivity index (χ3n) is 3.77. The number of aliphatic hydroxyl groups is 1. The number of benzene rings is 1. The molecule has 1 fully saturated rings. The summed E-state index contributed by atoms with van der Waals surface area (Å²) in [5.41, 5.74) is 5.84. The number of nitrogens with two attached hydrogens (primary N) is 1. The molecule has 4 N–H and O–H groups in total. The van der Waals surface area contributed by atoms with Gasteiger partial charge in [-0.1, -0.05) is 30.3 Å². The minimum Gasteiger partial charge on any atom is -0.479 e. The quantitative estimate of drug-likeness (QED) is 0.741. The Balaban J connectivity index is 0.000000273. The summed E-state index contributed by atoms with van der Waals surface area (Å²) in [6.45, 7) is 7.13. The van der Waals surface area contributed by atoms with Crippen molar-refractivity contribution in [2.75, 3.05) is 13.1 Å². The number of ether oxygens (including phenoxy) is 1. The first-order valence-electron chi connectivity index (χ1n) is 8.79. The molecule has 0 radical (unpaired) electrons. The van der Waals surface area contributed by atoms with Gasteiger partial charge >= 0.3 is 12.1 Å². The van der Waals surface area contributed by atoms with Gasteiger partial charge < -0.3 is 25.6 Å². The van der Waals surface area contributed by atoms with Crippen LogP contribution >= 0.6 is 0 Å². The molecule has 1 aliphatic heterocycles. The van der Waals surface area contributed by atoms with Gasteiger partial charge in [-0.15, -0.1) is 0 Å². The summed E-state index contributed by atoms with van der Waals surface area (Å²) < 4.78 is 5.31. The highest BCUT2D eigenvalue weighted by Gasteiger charge is 2.24. The third kappa shape index (κ3) is 8.31. The average molecular weight is 366 g/mol. The van der Waals surface area contributed by atoms with E-state index in [1.807, 2.05) is 20.8 Å². The van der Waals surface area contributed by atoms with Crippen LogP contribution in [-0.4, -0.2) is 51.9 Å². The van der Waals surface area contributed by atoms with Crippen LogP contribution in [0.5, 0.6) is 0 Å². The molecule has 0 spiro atoms. The second-order valence-corrected chi connectivity index (χ2v) is 7.31. The molecule has 2 rings (SSSR count). The van der Waals surface area contributed by atoms with Crippen molar-refractivity contribution in [2.45, 2.75) is 57.8 Å². The molecule has 0 bridgehead atoms. The van der Waals surface area contributed by atoms with Crippen LogP contribution in [0, 0.1) is 0 Å². The van der Waals surface area contributed by atoms with E-state index in [1.165, 1.54) is 0 Å². The monoisotopic (exact) mass is 366 g/mol. The molecule has 26 heavy (non-hydrogen) atoms. The van der Waals surface area contributed by atoms with Crippen LogP contribution in [0.1, 0.15) is 51.7 Å². The number of hydrogen-bond donors (Lipinski definition) is 3. The molecule has 7 heteroatoms. The van der Waals surface area contributed by atoms with E-state index in [2.05, 4.69) is 0 Å². The molecule has 1 amide bonds. The molecule has 1 aliphatic rings. The van der Waals surface area contributed by atoms with Crippen molar-refractivity contribution in [1.82, 2.24) is 4.90 Å². The fraction of sp³-hybridized carbons (Fsp3) is 0.579. The van der Waals surface area contributed by atoms with Gasteiger partial charge in [0.15, 0.2) is 6.10 Å². The SMILES string of the molecule is CC(C)(C)OC(=O)N1CCCC(N)CC1.O=C(O)[C@@H](O)c1ccccc1. The first-order valence-corrected chi connectivity index (χ1v) is 8.79. The number of aliphatic hydroxyl groups excluding tert-OH is 1. The lowest BCUT2D eigenvalue weighted by Crippen LogP contribution is -2.37. The predicted octanol–water partition coefficient (Wildman–Crippen LogP) is 2.54. The molecule has 1 heterocycles. The Morgan fingerprint density at radius 2 is 1.81 bits per heavy atom. The maximum atomic E-state index is 11.7. The summed E-state index contributed by atoms with van der Waals surface area (Å²) in [6, 6.07) is 8.50.